The van der Waals surface area contributed by atoms with Crippen LogP contribution in [0.2, 0.25) is 0 Å². The van der Waals surface area contributed by atoms with Gasteiger partial charge in [-0.1, -0.05) is 19.1 Å². The van der Waals surface area contributed by atoms with Gasteiger partial charge in [-0.2, -0.15) is 0 Å². The standard InChI is InChI=1S/C21H22N2O5S/c1-2-12-28-21(25)19-16-8-3-4-9-17(16)29-20(19)22-18(24)11-10-14-6-5-7-15(13-14)23(26)27/h5-7,10-11,13H,2-4,8-9,12H2,1H3,(H,22,24). The molecule has 1 heterocycles. The summed E-state index contributed by atoms with van der Waals surface area (Å²) in [6.45, 7) is 2.27. The van der Waals surface area contributed by atoms with Gasteiger partial charge in [0.25, 0.3) is 5.69 Å². The Morgan fingerprint density at radius 2 is 2.10 bits per heavy atom. The lowest BCUT2D eigenvalue weighted by molar-refractivity contribution is -0.384. The number of benzene rings is 1. The fourth-order valence-electron chi connectivity index (χ4n) is 3.20. The zero-order valence-electron chi connectivity index (χ0n) is 16.1. The maximum atomic E-state index is 12.6. The van der Waals surface area contributed by atoms with Gasteiger partial charge < -0.3 is 10.1 Å². The molecule has 0 aliphatic heterocycles. The lowest BCUT2D eigenvalue weighted by Gasteiger charge is -2.12. The molecule has 1 aromatic carbocycles. The molecule has 8 heteroatoms. The molecule has 7 nitrogen and oxygen atoms in total. The summed E-state index contributed by atoms with van der Waals surface area (Å²) in [5.74, 6) is -0.802. The highest BCUT2D eigenvalue weighted by Crippen LogP contribution is 2.38. The molecule has 0 unspecified atom stereocenters. The number of ether oxygens (including phenoxy) is 1. The topological polar surface area (TPSA) is 98.5 Å². The van der Waals surface area contributed by atoms with Crippen LogP contribution in [0.15, 0.2) is 30.3 Å². The molecule has 1 amide bonds. The lowest BCUT2D eigenvalue weighted by Crippen LogP contribution is -2.14. The Balaban J connectivity index is 1.79. The lowest BCUT2D eigenvalue weighted by atomic mass is 9.95. The minimum Gasteiger partial charge on any atom is -0.462 e. The summed E-state index contributed by atoms with van der Waals surface area (Å²) in [6, 6.07) is 6.02. The number of nitrogens with one attached hydrogen (secondary N) is 1. The van der Waals surface area contributed by atoms with Crippen LogP contribution >= 0.6 is 11.3 Å². The molecule has 0 radical (unpaired) electrons. The number of nitro groups is 1. The van der Waals surface area contributed by atoms with Crippen molar-refractivity contribution in [1.29, 1.82) is 0 Å². The Morgan fingerprint density at radius 1 is 1.31 bits per heavy atom. The molecule has 0 saturated heterocycles. The van der Waals surface area contributed by atoms with Crippen molar-refractivity contribution in [2.45, 2.75) is 39.0 Å². The van der Waals surface area contributed by atoms with E-state index in [9.17, 15) is 19.7 Å². The highest BCUT2D eigenvalue weighted by Gasteiger charge is 2.27. The number of fused-ring (bicyclic) bond motifs is 1. The number of non-ortho nitro benzene ring substituents is 1. The van der Waals surface area contributed by atoms with Crippen molar-refractivity contribution < 1.29 is 19.2 Å². The van der Waals surface area contributed by atoms with Gasteiger partial charge in [0.2, 0.25) is 5.91 Å². The highest BCUT2D eigenvalue weighted by molar-refractivity contribution is 7.17. The third-order valence-corrected chi connectivity index (χ3v) is 5.76. The predicted molar refractivity (Wildman–Crippen MR) is 112 cm³/mol. The van der Waals surface area contributed by atoms with Crippen molar-refractivity contribution in [3.8, 4) is 0 Å². The Bertz CT molecular complexity index is 964. The molecule has 1 aliphatic rings. The molecule has 1 aliphatic carbocycles. The molecule has 1 N–H and O–H groups in total. The SMILES string of the molecule is CCCOC(=O)c1c(NC(=O)C=Cc2cccc([N+](=O)[O-])c2)sc2c1CCCC2. The van der Waals surface area contributed by atoms with Crippen LogP contribution in [0, 0.1) is 10.1 Å². The first-order chi connectivity index (χ1) is 14.0. The molecular weight excluding hydrogens is 392 g/mol. The van der Waals surface area contributed by atoms with Crippen LogP contribution in [0.3, 0.4) is 0 Å². The zero-order valence-corrected chi connectivity index (χ0v) is 16.9. The number of aryl methyl sites for hydroxylation is 1. The summed E-state index contributed by atoms with van der Waals surface area (Å²) in [4.78, 5) is 36.5. The highest BCUT2D eigenvalue weighted by atomic mass is 32.1. The molecular formula is C21H22N2O5S. The number of nitro benzene ring substituents is 1. The van der Waals surface area contributed by atoms with Crippen molar-refractivity contribution in [3.05, 3.63) is 62.0 Å². The van der Waals surface area contributed by atoms with E-state index in [0.29, 0.717) is 22.7 Å². The Labute approximate surface area is 172 Å². The van der Waals surface area contributed by atoms with Gasteiger partial charge in [-0.3, -0.25) is 14.9 Å². The second kappa shape index (κ2) is 9.47. The molecule has 0 fully saturated rings. The second-order valence-electron chi connectivity index (χ2n) is 6.73. The third kappa shape index (κ3) is 5.08. The van der Waals surface area contributed by atoms with Crippen LogP contribution < -0.4 is 5.32 Å². The van der Waals surface area contributed by atoms with Gasteiger partial charge in [0.1, 0.15) is 5.00 Å². The number of carbonyl (C=O) groups excluding carboxylic acids is 2. The number of amides is 1. The van der Waals surface area contributed by atoms with Crippen LogP contribution in [0.25, 0.3) is 6.08 Å². The maximum absolute atomic E-state index is 12.6. The van der Waals surface area contributed by atoms with E-state index in [1.165, 1.54) is 35.6 Å². The maximum Gasteiger partial charge on any atom is 0.341 e. The minimum atomic E-state index is -0.484. The van der Waals surface area contributed by atoms with Crippen molar-refractivity contribution >= 4 is 40.0 Å². The van der Waals surface area contributed by atoms with Gasteiger partial charge in [0.05, 0.1) is 17.1 Å². The summed E-state index contributed by atoms with van der Waals surface area (Å²) in [5.41, 5.74) is 1.96. The third-order valence-electron chi connectivity index (χ3n) is 4.56. The van der Waals surface area contributed by atoms with E-state index in [-0.39, 0.29) is 5.69 Å². The number of hydrogen-bond donors (Lipinski definition) is 1. The smallest absolute Gasteiger partial charge is 0.341 e. The zero-order chi connectivity index (χ0) is 20.8. The minimum absolute atomic E-state index is 0.0422. The first-order valence-corrected chi connectivity index (χ1v) is 10.4. The van der Waals surface area contributed by atoms with E-state index in [0.717, 1.165) is 42.5 Å². The Hall–Kier alpha value is -3.00. The molecule has 2 aromatic rings. The quantitative estimate of drug-likeness (QED) is 0.305. The summed E-state index contributed by atoms with van der Waals surface area (Å²) < 4.78 is 5.32. The molecule has 152 valence electrons. The number of thiophene rings is 1. The molecule has 3 rings (SSSR count). The Kier molecular flexibility index (Phi) is 6.77. The number of carbonyl (C=O) groups is 2. The predicted octanol–water partition coefficient (Wildman–Crippen LogP) is 4.75. The number of hydrogen-bond acceptors (Lipinski definition) is 6. The summed E-state index contributed by atoms with van der Waals surface area (Å²) >= 11 is 1.42. The van der Waals surface area contributed by atoms with Gasteiger partial charge in [-0.15, -0.1) is 11.3 Å². The van der Waals surface area contributed by atoms with Crippen LogP contribution in [0.5, 0.6) is 0 Å². The van der Waals surface area contributed by atoms with Crippen LogP contribution in [-0.4, -0.2) is 23.4 Å². The first-order valence-electron chi connectivity index (χ1n) is 9.54. The van der Waals surface area contributed by atoms with Crippen molar-refractivity contribution in [3.63, 3.8) is 0 Å². The fourth-order valence-corrected chi connectivity index (χ4v) is 4.48. The number of esters is 1. The van der Waals surface area contributed by atoms with Gasteiger partial charge in [-0.05, 0) is 49.3 Å². The van der Waals surface area contributed by atoms with Gasteiger partial charge >= 0.3 is 5.97 Å². The van der Waals surface area contributed by atoms with E-state index >= 15 is 0 Å². The van der Waals surface area contributed by atoms with E-state index in [1.54, 1.807) is 12.1 Å². The van der Waals surface area contributed by atoms with Crippen LogP contribution in [0.4, 0.5) is 10.7 Å². The number of rotatable bonds is 7. The van der Waals surface area contributed by atoms with Gasteiger partial charge in [-0.25, -0.2) is 4.79 Å². The van der Waals surface area contributed by atoms with E-state index in [4.69, 9.17) is 4.74 Å². The van der Waals surface area contributed by atoms with Gasteiger partial charge in [0, 0.05) is 23.1 Å². The molecule has 0 atom stereocenters. The summed E-state index contributed by atoms with van der Waals surface area (Å²) in [7, 11) is 0. The number of nitrogens with zero attached hydrogens (tertiary/aromatic N) is 1. The molecule has 1 aromatic heterocycles. The van der Waals surface area contributed by atoms with Gasteiger partial charge in [0.15, 0.2) is 0 Å². The van der Waals surface area contributed by atoms with E-state index < -0.39 is 16.8 Å². The Morgan fingerprint density at radius 3 is 2.86 bits per heavy atom. The molecule has 29 heavy (non-hydrogen) atoms. The first kappa shape index (κ1) is 20.7. The molecule has 0 bridgehead atoms. The summed E-state index contributed by atoms with van der Waals surface area (Å²) in [6.07, 6.45) is 7.32. The monoisotopic (exact) mass is 414 g/mol. The van der Waals surface area contributed by atoms with E-state index in [2.05, 4.69) is 5.32 Å². The summed E-state index contributed by atoms with van der Waals surface area (Å²) in [5, 5.41) is 14.2. The second-order valence-corrected chi connectivity index (χ2v) is 7.83. The van der Waals surface area contributed by atoms with E-state index in [1.807, 2.05) is 6.92 Å². The van der Waals surface area contributed by atoms with Crippen molar-refractivity contribution in [2.75, 3.05) is 11.9 Å². The molecule has 0 saturated carbocycles. The average molecular weight is 414 g/mol. The van der Waals surface area contributed by atoms with Crippen molar-refractivity contribution in [2.24, 2.45) is 0 Å². The van der Waals surface area contributed by atoms with Crippen molar-refractivity contribution in [1.82, 2.24) is 0 Å². The fraction of sp³-hybridized carbons (Fsp3) is 0.333. The van der Waals surface area contributed by atoms with Crippen LogP contribution in [0.1, 0.15) is 52.5 Å². The molecule has 0 spiro atoms. The average Bonchev–Trinajstić information content (AvgIpc) is 3.08. The number of anilines is 1. The largest absolute Gasteiger partial charge is 0.462 e. The normalized spacial score (nSPS) is 13.1. The van der Waals surface area contributed by atoms with Crippen LogP contribution in [-0.2, 0) is 22.4 Å².